The first-order chi connectivity index (χ1) is 12.0. The Morgan fingerprint density at radius 2 is 2.04 bits per heavy atom. The van der Waals surface area contributed by atoms with E-state index >= 15 is 0 Å². The third-order valence-electron chi connectivity index (χ3n) is 3.80. The first-order valence-corrected chi connectivity index (χ1v) is 9.14. The summed E-state index contributed by atoms with van der Waals surface area (Å²) in [5, 5.41) is 4.80. The molecule has 0 fully saturated rings. The number of carbonyl (C=O) groups excluding carboxylic acids is 2. The van der Waals surface area contributed by atoms with Crippen molar-refractivity contribution in [2.75, 3.05) is 19.7 Å². The minimum Gasteiger partial charge on any atom is -0.483 e. The van der Waals surface area contributed by atoms with Gasteiger partial charge in [-0.05, 0) is 49.4 Å². The van der Waals surface area contributed by atoms with Crippen LogP contribution in [-0.2, 0) is 16.1 Å². The number of likely N-dealkylation sites (N-methyl/N-ethyl adjacent to an activating group) is 1. The Labute approximate surface area is 152 Å². The van der Waals surface area contributed by atoms with Crippen molar-refractivity contribution < 1.29 is 14.3 Å². The molecule has 5 nitrogen and oxygen atoms in total. The van der Waals surface area contributed by atoms with Crippen LogP contribution in [0.2, 0.25) is 0 Å². The normalized spacial score (nSPS) is 10.4. The Hall–Kier alpha value is -2.34. The number of rotatable bonds is 8. The fourth-order valence-electron chi connectivity index (χ4n) is 2.30. The Balaban J connectivity index is 1.83. The van der Waals surface area contributed by atoms with Crippen molar-refractivity contribution in [3.63, 3.8) is 0 Å². The van der Waals surface area contributed by atoms with Crippen molar-refractivity contribution >= 4 is 23.2 Å². The molecule has 2 rings (SSSR count). The van der Waals surface area contributed by atoms with Gasteiger partial charge in [0.05, 0.1) is 13.1 Å². The van der Waals surface area contributed by atoms with E-state index in [-0.39, 0.29) is 25.0 Å². The van der Waals surface area contributed by atoms with Crippen LogP contribution in [0.3, 0.4) is 0 Å². The maximum atomic E-state index is 12.3. The summed E-state index contributed by atoms with van der Waals surface area (Å²) in [7, 11) is 0. The molecule has 6 heteroatoms. The predicted molar refractivity (Wildman–Crippen MR) is 99.8 cm³/mol. The van der Waals surface area contributed by atoms with Crippen LogP contribution in [0.25, 0.3) is 0 Å². The molecule has 2 aromatic rings. The molecule has 0 spiro atoms. The van der Waals surface area contributed by atoms with Gasteiger partial charge in [-0.15, -0.1) is 11.3 Å². The van der Waals surface area contributed by atoms with Gasteiger partial charge < -0.3 is 15.0 Å². The molecule has 25 heavy (non-hydrogen) atoms. The van der Waals surface area contributed by atoms with E-state index in [0.29, 0.717) is 18.8 Å². The minimum atomic E-state index is -0.199. The summed E-state index contributed by atoms with van der Waals surface area (Å²) in [4.78, 5) is 27.0. The zero-order valence-corrected chi connectivity index (χ0v) is 15.7. The zero-order chi connectivity index (χ0) is 18.2. The maximum absolute atomic E-state index is 12.3. The smallest absolute Gasteiger partial charge is 0.260 e. The largest absolute Gasteiger partial charge is 0.483 e. The van der Waals surface area contributed by atoms with Crippen molar-refractivity contribution in [3.05, 3.63) is 51.7 Å². The summed E-state index contributed by atoms with van der Waals surface area (Å²) in [5.41, 5.74) is 2.06. The Morgan fingerprint density at radius 3 is 2.72 bits per heavy atom. The molecule has 134 valence electrons. The Kier molecular flexibility index (Phi) is 7.01. The van der Waals surface area contributed by atoms with Crippen molar-refractivity contribution in [2.24, 2.45) is 0 Å². The maximum Gasteiger partial charge on any atom is 0.260 e. The van der Waals surface area contributed by atoms with Gasteiger partial charge in [0.2, 0.25) is 5.91 Å². The van der Waals surface area contributed by atoms with Crippen LogP contribution in [0, 0.1) is 13.8 Å². The van der Waals surface area contributed by atoms with Gasteiger partial charge in [-0.25, -0.2) is 0 Å². The van der Waals surface area contributed by atoms with Gasteiger partial charge in [-0.3, -0.25) is 9.59 Å². The molecule has 0 unspecified atom stereocenters. The van der Waals surface area contributed by atoms with E-state index in [4.69, 9.17) is 4.74 Å². The molecule has 0 saturated heterocycles. The number of ether oxygens (including phenoxy) is 1. The summed E-state index contributed by atoms with van der Waals surface area (Å²) in [5.74, 6) is 0.330. The molecular formula is C19H24N2O3S. The molecule has 0 bridgehead atoms. The standard InChI is InChI=1S/C19H24N2O3S/c1-4-21(12-18(22)20-11-16-6-5-9-25-16)19(23)13-24-17-10-14(2)7-8-15(17)3/h5-10H,4,11-13H2,1-3H3,(H,20,22). The lowest BCUT2D eigenvalue weighted by Crippen LogP contribution is -2.42. The second kappa shape index (κ2) is 9.22. The summed E-state index contributed by atoms with van der Waals surface area (Å²) >= 11 is 1.59. The third-order valence-corrected chi connectivity index (χ3v) is 4.68. The fourth-order valence-corrected chi connectivity index (χ4v) is 2.94. The van der Waals surface area contributed by atoms with Gasteiger partial charge in [0.15, 0.2) is 6.61 Å². The van der Waals surface area contributed by atoms with Gasteiger partial charge in [0.1, 0.15) is 5.75 Å². The van der Waals surface area contributed by atoms with Gasteiger partial charge in [-0.2, -0.15) is 0 Å². The van der Waals surface area contributed by atoms with Crippen LogP contribution in [0.4, 0.5) is 0 Å². The SMILES string of the molecule is CCN(CC(=O)NCc1cccs1)C(=O)COc1cc(C)ccc1C. The van der Waals surface area contributed by atoms with Crippen molar-refractivity contribution in [1.29, 1.82) is 0 Å². The van der Waals surface area contributed by atoms with Gasteiger partial charge >= 0.3 is 0 Å². The summed E-state index contributed by atoms with van der Waals surface area (Å²) in [6, 6.07) is 9.78. The molecule has 0 aliphatic heterocycles. The molecule has 1 N–H and O–H groups in total. The molecule has 0 radical (unpaired) electrons. The molecular weight excluding hydrogens is 336 g/mol. The Bertz CT molecular complexity index is 713. The van der Waals surface area contributed by atoms with Crippen molar-refractivity contribution in [2.45, 2.75) is 27.3 Å². The van der Waals surface area contributed by atoms with Gasteiger partial charge in [-0.1, -0.05) is 18.2 Å². The number of benzene rings is 1. The van der Waals surface area contributed by atoms with Crippen LogP contribution >= 0.6 is 11.3 Å². The number of thiophene rings is 1. The van der Waals surface area contributed by atoms with Crippen molar-refractivity contribution in [3.8, 4) is 5.75 Å². The van der Waals surface area contributed by atoms with Crippen LogP contribution in [0.1, 0.15) is 22.9 Å². The highest BCUT2D eigenvalue weighted by Gasteiger charge is 2.16. The highest BCUT2D eigenvalue weighted by atomic mass is 32.1. The number of nitrogens with one attached hydrogen (secondary N) is 1. The molecule has 0 aliphatic rings. The summed E-state index contributed by atoms with van der Waals surface area (Å²) in [6.07, 6.45) is 0. The van der Waals surface area contributed by atoms with E-state index in [0.717, 1.165) is 16.0 Å². The summed E-state index contributed by atoms with van der Waals surface area (Å²) < 4.78 is 5.64. The Morgan fingerprint density at radius 1 is 1.24 bits per heavy atom. The molecule has 0 aliphatic carbocycles. The second-order valence-corrected chi connectivity index (χ2v) is 6.85. The lowest BCUT2D eigenvalue weighted by molar-refractivity contribution is -0.137. The van der Waals surface area contributed by atoms with Crippen LogP contribution in [0.15, 0.2) is 35.7 Å². The molecule has 2 amide bonds. The lowest BCUT2D eigenvalue weighted by atomic mass is 10.1. The molecule has 1 aromatic carbocycles. The van der Waals surface area contributed by atoms with E-state index in [2.05, 4.69) is 5.32 Å². The molecule has 1 heterocycles. The van der Waals surface area contributed by atoms with E-state index in [1.54, 1.807) is 11.3 Å². The van der Waals surface area contributed by atoms with Gasteiger partial charge in [0.25, 0.3) is 5.91 Å². The van der Waals surface area contributed by atoms with Gasteiger partial charge in [0, 0.05) is 11.4 Å². The van der Waals surface area contributed by atoms with E-state index < -0.39 is 0 Å². The molecule has 0 atom stereocenters. The predicted octanol–water partition coefficient (Wildman–Crippen LogP) is 2.91. The summed E-state index contributed by atoms with van der Waals surface area (Å²) in [6.45, 7) is 6.68. The van der Waals surface area contributed by atoms with E-state index in [1.807, 2.05) is 56.5 Å². The average Bonchev–Trinajstić information content (AvgIpc) is 3.12. The number of nitrogens with zero attached hydrogens (tertiary/aromatic N) is 1. The molecule has 0 saturated carbocycles. The highest BCUT2D eigenvalue weighted by Crippen LogP contribution is 2.19. The number of hydrogen-bond donors (Lipinski definition) is 1. The third kappa shape index (κ3) is 5.90. The topological polar surface area (TPSA) is 58.6 Å². The quantitative estimate of drug-likeness (QED) is 0.787. The first kappa shape index (κ1) is 19.0. The zero-order valence-electron chi connectivity index (χ0n) is 14.9. The average molecular weight is 360 g/mol. The number of amides is 2. The number of hydrogen-bond acceptors (Lipinski definition) is 4. The van der Waals surface area contributed by atoms with Crippen LogP contribution in [0.5, 0.6) is 5.75 Å². The number of carbonyl (C=O) groups is 2. The number of aryl methyl sites for hydroxylation is 2. The monoisotopic (exact) mass is 360 g/mol. The fraction of sp³-hybridized carbons (Fsp3) is 0.368. The first-order valence-electron chi connectivity index (χ1n) is 8.26. The van der Waals surface area contributed by atoms with Crippen molar-refractivity contribution in [1.82, 2.24) is 10.2 Å². The minimum absolute atomic E-state index is 0.0386. The van der Waals surface area contributed by atoms with Crippen LogP contribution in [-0.4, -0.2) is 36.4 Å². The van der Waals surface area contributed by atoms with E-state index in [9.17, 15) is 9.59 Å². The van der Waals surface area contributed by atoms with E-state index in [1.165, 1.54) is 4.90 Å². The highest BCUT2D eigenvalue weighted by molar-refractivity contribution is 7.09. The molecule has 1 aromatic heterocycles. The van der Waals surface area contributed by atoms with Crippen LogP contribution < -0.4 is 10.1 Å². The second-order valence-electron chi connectivity index (χ2n) is 5.82. The lowest BCUT2D eigenvalue weighted by Gasteiger charge is -2.21.